The van der Waals surface area contributed by atoms with Crippen LogP contribution in [0.4, 0.5) is 13.2 Å². The SMILES string of the molecule is N/N=C\N(N)CC(O)(c1ccc(F)cc1)C(F)(F)c1ccc(Oc2ccccc2)cn1. The first-order valence-corrected chi connectivity index (χ1v) is 9.06. The van der Waals surface area contributed by atoms with E-state index >= 15 is 8.78 Å². The minimum absolute atomic E-state index is 0.229. The number of ether oxygens (including phenoxy) is 1. The van der Waals surface area contributed by atoms with Crippen molar-refractivity contribution < 1.29 is 23.0 Å². The van der Waals surface area contributed by atoms with Crippen LogP contribution in [-0.2, 0) is 11.5 Å². The molecule has 31 heavy (non-hydrogen) atoms. The van der Waals surface area contributed by atoms with Crippen molar-refractivity contribution in [1.82, 2.24) is 9.99 Å². The van der Waals surface area contributed by atoms with Crippen molar-refractivity contribution in [2.45, 2.75) is 11.5 Å². The number of hydrogen-bond acceptors (Lipinski definition) is 6. The molecule has 0 amide bonds. The maximum absolute atomic E-state index is 15.5. The number of pyridine rings is 1. The van der Waals surface area contributed by atoms with Crippen molar-refractivity contribution in [2.75, 3.05) is 6.54 Å². The smallest absolute Gasteiger partial charge is 0.323 e. The molecule has 10 heteroatoms. The van der Waals surface area contributed by atoms with Gasteiger partial charge < -0.3 is 15.7 Å². The molecule has 7 nitrogen and oxygen atoms in total. The van der Waals surface area contributed by atoms with Crippen LogP contribution in [0.15, 0.2) is 78.0 Å². The molecule has 0 saturated heterocycles. The van der Waals surface area contributed by atoms with Gasteiger partial charge in [-0.05, 0) is 42.0 Å². The molecule has 0 saturated carbocycles. The Morgan fingerprint density at radius 1 is 1.03 bits per heavy atom. The molecule has 0 aliphatic rings. The summed E-state index contributed by atoms with van der Waals surface area (Å²) >= 11 is 0. The first-order valence-electron chi connectivity index (χ1n) is 9.06. The number of hydrazine groups is 1. The van der Waals surface area contributed by atoms with Gasteiger partial charge in [0.2, 0.25) is 0 Å². The molecular weight excluding hydrogens is 411 g/mol. The average Bonchev–Trinajstić information content (AvgIpc) is 2.75. The van der Waals surface area contributed by atoms with Crippen molar-refractivity contribution in [3.8, 4) is 11.5 Å². The molecule has 0 fully saturated rings. The van der Waals surface area contributed by atoms with Crippen LogP contribution in [0.3, 0.4) is 0 Å². The lowest BCUT2D eigenvalue weighted by Gasteiger charge is -2.37. The van der Waals surface area contributed by atoms with Gasteiger partial charge in [0.1, 0.15) is 29.3 Å². The van der Waals surface area contributed by atoms with Gasteiger partial charge in [0.05, 0.1) is 12.7 Å². The van der Waals surface area contributed by atoms with Crippen LogP contribution >= 0.6 is 0 Å². The van der Waals surface area contributed by atoms with Crippen LogP contribution in [0.1, 0.15) is 11.3 Å². The molecule has 0 aliphatic carbocycles. The zero-order valence-electron chi connectivity index (χ0n) is 16.2. The number of hydrazone groups is 1. The van der Waals surface area contributed by atoms with Crippen LogP contribution in [0.5, 0.6) is 11.5 Å². The normalized spacial score (nSPS) is 13.7. The number of para-hydroxylation sites is 1. The van der Waals surface area contributed by atoms with Crippen LogP contribution in [-0.4, -0.2) is 28.0 Å². The summed E-state index contributed by atoms with van der Waals surface area (Å²) in [6, 6.07) is 15.1. The molecule has 5 N–H and O–H groups in total. The first-order chi connectivity index (χ1) is 14.8. The predicted octanol–water partition coefficient (Wildman–Crippen LogP) is 3.07. The third-order valence-electron chi connectivity index (χ3n) is 4.50. The highest BCUT2D eigenvalue weighted by Gasteiger charge is 2.56. The summed E-state index contributed by atoms with van der Waals surface area (Å²) in [7, 11) is 0. The molecule has 0 bridgehead atoms. The van der Waals surface area contributed by atoms with Gasteiger partial charge >= 0.3 is 5.92 Å². The van der Waals surface area contributed by atoms with Gasteiger partial charge in [0.15, 0.2) is 5.60 Å². The zero-order chi connectivity index (χ0) is 22.5. The number of benzene rings is 2. The van der Waals surface area contributed by atoms with E-state index in [0.717, 1.165) is 42.9 Å². The van der Waals surface area contributed by atoms with E-state index in [-0.39, 0.29) is 11.3 Å². The van der Waals surface area contributed by atoms with Crippen LogP contribution < -0.4 is 16.4 Å². The molecule has 0 radical (unpaired) electrons. The minimum atomic E-state index is -3.93. The van der Waals surface area contributed by atoms with Crippen LogP contribution in [0, 0.1) is 5.82 Å². The number of hydrogen-bond donors (Lipinski definition) is 3. The van der Waals surface area contributed by atoms with Crippen molar-refractivity contribution in [3.05, 3.63) is 90.0 Å². The summed E-state index contributed by atoms with van der Waals surface area (Å²) < 4.78 is 50.0. The number of nitrogens with zero attached hydrogens (tertiary/aromatic N) is 3. The van der Waals surface area contributed by atoms with Gasteiger partial charge in [0.25, 0.3) is 0 Å². The van der Waals surface area contributed by atoms with E-state index in [9.17, 15) is 9.50 Å². The maximum atomic E-state index is 15.5. The second kappa shape index (κ2) is 9.02. The lowest BCUT2D eigenvalue weighted by Crippen LogP contribution is -2.53. The highest BCUT2D eigenvalue weighted by atomic mass is 19.3. The number of aliphatic hydroxyl groups is 1. The quantitative estimate of drug-likeness (QED) is 0.219. The molecule has 1 unspecified atom stereocenters. The van der Waals surface area contributed by atoms with E-state index in [1.807, 2.05) is 0 Å². The largest absolute Gasteiger partial charge is 0.456 e. The summed E-state index contributed by atoms with van der Waals surface area (Å²) in [6.07, 6.45) is 1.98. The molecule has 162 valence electrons. The molecule has 1 heterocycles. The Balaban J connectivity index is 1.96. The van der Waals surface area contributed by atoms with E-state index in [4.69, 9.17) is 16.4 Å². The lowest BCUT2D eigenvalue weighted by atomic mass is 9.85. The third-order valence-corrected chi connectivity index (χ3v) is 4.50. The van der Waals surface area contributed by atoms with Crippen LogP contribution in [0.25, 0.3) is 0 Å². The summed E-state index contributed by atoms with van der Waals surface area (Å²) in [4.78, 5) is 3.78. The Morgan fingerprint density at radius 2 is 1.71 bits per heavy atom. The highest BCUT2D eigenvalue weighted by Crippen LogP contribution is 2.45. The van der Waals surface area contributed by atoms with Crippen molar-refractivity contribution in [2.24, 2.45) is 16.8 Å². The third kappa shape index (κ3) is 4.76. The second-order valence-corrected chi connectivity index (χ2v) is 6.67. The second-order valence-electron chi connectivity index (χ2n) is 6.67. The number of rotatable bonds is 8. The van der Waals surface area contributed by atoms with E-state index in [2.05, 4.69) is 10.1 Å². The number of halogens is 3. The standard InChI is InChI=1S/C21H20F3N5O2/c22-16-8-6-15(7-9-16)20(30,13-29(26)14-28-25)21(23,24)19-11-10-18(12-27-19)31-17-4-2-1-3-5-17/h1-12,14,30H,13,25-26H2/b28-14-. The predicted molar refractivity (Wildman–Crippen MR) is 109 cm³/mol. The van der Waals surface area contributed by atoms with Gasteiger partial charge in [-0.1, -0.05) is 30.3 Å². The lowest BCUT2D eigenvalue weighted by molar-refractivity contribution is -0.202. The molecule has 3 rings (SSSR count). The minimum Gasteiger partial charge on any atom is -0.456 e. The number of aromatic nitrogens is 1. The zero-order valence-corrected chi connectivity index (χ0v) is 16.2. The molecule has 0 aliphatic heterocycles. The molecular formula is C21H20F3N5O2. The number of nitrogens with two attached hydrogens (primary N) is 2. The Kier molecular flexibility index (Phi) is 6.42. The van der Waals surface area contributed by atoms with Gasteiger partial charge in [-0.15, -0.1) is 0 Å². The average molecular weight is 431 g/mol. The van der Waals surface area contributed by atoms with E-state index in [1.165, 1.54) is 6.07 Å². The Bertz CT molecular complexity index is 1020. The van der Waals surface area contributed by atoms with Gasteiger partial charge in [-0.3, -0.25) is 9.99 Å². The summed E-state index contributed by atoms with van der Waals surface area (Å²) in [5.41, 5.74) is -3.89. The van der Waals surface area contributed by atoms with Gasteiger partial charge in [-0.2, -0.15) is 13.9 Å². The molecule has 0 spiro atoms. The van der Waals surface area contributed by atoms with Crippen molar-refractivity contribution >= 4 is 6.34 Å². The Labute approximate surface area is 176 Å². The fraction of sp³-hybridized carbons (Fsp3) is 0.143. The van der Waals surface area contributed by atoms with Gasteiger partial charge in [-0.25, -0.2) is 10.2 Å². The summed E-state index contributed by atoms with van der Waals surface area (Å²) in [5, 5.41) is 14.9. The fourth-order valence-corrected chi connectivity index (χ4v) is 2.95. The van der Waals surface area contributed by atoms with Crippen LogP contribution in [0.2, 0.25) is 0 Å². The number of alkyl halides is 2. The molecule has 1 atom stereocenters. The van der Waals surface area contributed by atoms with Gasteiger partial charge in [0, 0.05) is 0 Å². The molecule has 2 aromatic carbocycles. The molecule has 1 aromatic heterocycles. The maximum Gasteiger partial charge on any atom is 0.323 e. The Hall–Kier alpha value is -3.63. The van der Waals surface area contributed by atoms with E-state index in [1.54, 1.807) is 30.3 Å². The molecule has 3 aromatic rings. The first kappa shape index (κ1) is 22.1. The van der Waals surface area contributed by atoms with Crippen molar-refractivity contribution in [3.63, 3.8) is 0 Å². The Morgan fingerprint density at radius 3 is 2.29 bits per heavy atom. The van der Waals surface area contributed by atoms with Crippen molar-refractivity contribution in [1.29, 1.82) is 0 Å². The monoisotopic (exact) mass is 431 g/mol. The summed E-state index contributed by atoms with van der Waals surface area (Å²) in [5.74, 6) is 6.78. The summed E-state index contributed by atoms with van der Waals surface area (Å²) in [6.45, 7) is -0.809. The van der Waals surface area contributed by atoms with E-state index in [0.29, 0.717) is 10.8 Å². The topological polar surface area (TPSA) is 110 Å². The van der Waals surface area contributed by atoms with E-state index < -0.39 is 29.6 Å². The fourth-order valence-electron chi connectivity index (χ4n) is 2.95. The highest BCUT2D eigenvalue weighted by molar-refractivity contribution is 5.53.